The van der Waals surface area contributed by atoms with Crippen LogP contribution in [0.25, 0.3) is 0 Å². The van der Waals surface area contributed by atoms with Crippen LogP contribution in [0, 0.1) is 5.92 Å². The first kappa shape index (κ1) is 30.4. The predicted octanol–water partition coefficient (Wildman–Crippen LogP) is 0.275. The minimum atomic E-state index is -1.35. The number of benzene rings is 1. The van der Waals surface area contributed by atoms with Crippen LogP contribution < -0.4 is 21.7 Å². The van der Waals surface area contributed by atoms with Gasteiger partial charge in [-0.05, 0) is 36.8 Å². The minimum Gasteiger partial charge on any atom is -0.480 e. The number of aliphatic carboxylic acids is 1. The highest BCUT2D eigenvalue weighted by atomic mass is 32.2. The number of thioether (sulfide) groups is 1. The molecule has 0 aromatic heterocycles. The van der Waals surface area contributed by atoms with E-state index < -0.39 is 54.0 Å². The van der Waals surface area contributed by atoms with Gasteiger partial charge in [-0.2, -0.15) is 11.8 Å². The molecule has 6 atom stereocenters. The third-order valence-electron chi connectivity index (χ3n) is 5.76. The van der Waals surface area contributed by atoms with Gasteiger partial charge in [0.25, 0.3) is 0 Å². The standard InChI is InChI=1S/C24H38N4O6S/c1-5-14(2)19(25)22(31)28-20(15(3)29)23(32)27-18(13-16-9-7-6-8-10-16)21(30)26-17(24(33)34)11-12-35-4/h6-10,14-15,17-20,29H,5,11-13,25H2,1-4H3,(H,26,30)(H,27,32)(H,28,31)(H,33,34). The van der Waals surface area contributed by atoms with E-state index in [9.17, 15) is 29.4 Å². The number of carboxylic acid groups (broad SMARTS) is 1. The van der Waals surface area contributed by atoms with Crippen LogP contribution in [0.5, 0.6) is 0 Å². The van der Waals surface area contributed by atoms with Gasteiger partial charge in [0.2, 0.25) is 17.7 Å². The molecule has 0 aliphatic heterocycles. The fourth-order valence-electron chi connectivity index (χ4n) is 3.25. The summed E-state index contributed by atoms with van der Waals surface area (Å²) in [5, 5.41) is 27.2. The maximum absolute atomic E-state index is 13.1. The highest BCUT2D eigenvalue weighted by Crippen LogP contribution is 2.09. The molecule has 1 rings (SSSR count). The second-order valence-corrected chi connectivity index (χ2v) is 9.56. The Balaban J connectivity index is 3.08. The monoisotopic (exact) mass is 510 g/mol. The number of aliphatic hydroxyl groups is 1. The van der Waals surface area contributed by atoms with Crippen molar-refractivity contribution in [2.45, 2.75) is 70.3 Å². The van der Waals surface area contributed by atoms with Crippen LogP contribution in [0.3, 0.4) is 0 Å². The first-order valence-corrected chi connectivity index (χ1v) is 13.0. The van der Waals surface area contributed by atoms with E-state index in [0.29, 0.717) is 12.2 Å². The molecular weight excluding hydrogens is 472 g/mol. The summed E-state index contributed by atoms with van der Waals surface area (Å²) in [4.78, 5) is 50.2. The third-order valence-corrected chi connectivity index (χ3v) is 6.41. The van der Waals surface area contributed by atoms with Gasteiger partial charge in [0, 0.05) is 6.42 Å². The van der Waals surface area contributed by atoms with Crippen molar-refractivity contribution in [1.29, 1.82) is 0 Å². The molecule has 6 unspecified atom stereocenters. The summed E-state index contributed by atoms with van der Waals surface area (Å²) in [6.07, 6.45) is 1.52. The topological polar surface area (TPSA) is 171 Å². The molecule has 11 heteroatoms. The molecule has 0 heterocycles. The molecule has 196 valence electrons. The lowest BCUT2D eigenvalue weighted by Crippen LogP contribution is -2.60. The lowest BCUT2D eigenvalue weighted by molar-refractivity contribution is -0.142. The minimum absolute atomic E-state index is 0.0835. The van der Waals surface area contributed by atoms with Crippen LogP contribution in [0.1, 0.15) is 39.2 Å². The summed E-state index contributed by atoms with van der Waals surface area (Å²) in [6, 6.07) is 4.43. The van der Waals surface area contributed by atoms with Crippen molar-refractivity contribution >= 4 is 35.5 Å². The number of nitrogens with one attached hydrogen (secondary N) is 3. The van der Waals surface area contributed by atoms with Crippen molar-refractivity contribution in [3.8, 4) is 0 Å². The van der Waals surface area contributed by atoms with Crippen molar-refractivity contribution in [1.82, 2.24) is 16.0 Å². The molecule has 0 spiro atoms. The zero-order valence-electron chi connectivity index (χ0n) is 20.7. The first-order valence-electron chi connectivity index (χ1n) is 11.6. The van der Waals surface area contributed by atoms with Gasteiger partial charge in [-0.1, -0.05) is 50.6 Å². The van der Waals surface area contributed by atoms with Crippen molar-refractivity contribution in [2.75, 3.05) is 12.0 Å². The second-order valence-electron chi connectivity index (χ2n) is 8.57. The predicted molar refractivity (Wildman–Crippen MR) is 136 cm³/mol. The number of carbonyl (C=O) groups excluding carboxylic acids is 3. The Morgan fingerprint density at radius 3 is 2.09 bits per heavy atom. The van der Waals surface area contributed by atoms with E-state index in [4.69, 9.17) is 5.73 Å². The number of carboxylic acids is 1. The molecule has 3 amide bonds. The zero-order chi connectivity index (χ0) is 26.5. The quantitative estimate of drug-likeness (QED) is 0.195. The molecular formula is C24H38N4O6S. The van der Waals surface area contributed by atoms with Crippen molar-refractivity contribution in [3.63, 3.8) is 0 Å². The number of hydrogen-bond donors (Lipinski definition) is 6. The van der Waals surface area contributed by atoms with Crippen LogP contribution in [0.15, 0.2) is 30.3 Å². The van der Waals surface area contributed by atoms with Crippen LogP contribution >= 0.6 is 11.8 Å². The molecule has 0 radical (unpaired) electrons. The number of aliphatic hydroxyl groups excluding tert-OH is 1. The van der Waals surface area contributed by atoms with Gasteiger partial charge >= 0.3 is 5.97 Å². The Labute approximate surface area is 210 Å². The Hall–Kier alpha value is -2.63. The largest absolute Gasteiger partial charge is 0.480 e. The number of amides is 3. The van der Waals surface area contributed by atoms with Gasteiger partial charge in [-0.25, -0.2) is 4.79 Å². The van der Waals surface area contributed by atoms with Crippen LogP contribution in [-0.4, -0.2) is 76.2 Å². The van der Waals surface area contributed by atoms with Gasteiger partial charge in [0.1, 0.15) is 18.1 Å². The Morgan fingerprint density at radius 2 is 1.57 bits per heavy atom. The number of rotatable bonds is 15. The van der Waals surface area contributed by atoms with E-state index in [1.54, 1.807) is 37.3 Å². The summed E-state index contributed by atoms with van der Waals surface area (Å²) in [5.41, 5.74) is 6.68. The van der Waals surface area contributed by atoms with Crippen LogP contribution in [0.2, 0.25) is 0 Å². The van der Waals surface area contributed by atoms with Gasteiger partial charge in [0.15, 0.2) is 0 Å². The smallest absolute Gasteiger partial charge is 0.326 e. The Kier molecular flexibility index (Phi) is 13.4. The van der Waals surface area contributed by atoms with Crippen LogP contribution in [-0.2, 0) is 25.6 Å². The molecule has 0 aliphatic rings. The summed E-state index contributed by atoms with van der Waals surface area (Å²) in [7, 11) is 0. The van der Waals surface area contributed by atoms with E-state index in [0.717, 1.165) is 5.56 Å². The number of nitrogens with two attached hydrogens (primary N) is 1. The third kappa shape index (κ3) is 10.3. The highest BCUT2D eigenvalue weighted by molar-refractivity contribution is 7.98. The fraction of sp³-hybridized carbons (Fsp3) is 0.583. The SMILES string of the molecule is CCC(C)C(N)C(=O)NC(C(=O)NC(Cc1ccccc1)C(=O)NC(CCSC)C(=O)O)C(C)O. The average Bonchev–Trinajstić information content (AvgIpc) is 2.83. The molecule has 1 aromatic carbocycles. The molecule has 0 saturated carbocycles. The molecule has 7 N–H and O–H groups in total. The lowest BCUT2D eigenvalue weighted by Gasteiger charge is -2.27. The molecule has 1 aromatic rings. The normalized spacial score (nSPS) is 16.2. The van der Waals surface area contributed by atoms with E-state index in [1.807, 2.05) is 13.2 Å². The van der Waals surface area contributed by atoms with Crippen molar-refractivity contribution < 1.29 is 29.4 Å². The van der Waals surface area contributed by atoms with Crippen LogP contribution in [0.4, 0.5) is 0 Å². The van der Waals surface area contributed by atoms with Gasteiger partial charge in [-0.3, -0.25) is 14.4 Å². The average molecular weight is 511 g/mol. The molecule has 0 bridgehead atoms. The fourth-order valence-corrected chi connectivity index (χ4v) is 3.72. The van der Waals surface area contributed by atoms with E-state index >= 15 is 0 Å². The zero-order valence-corrected chi connectivity index (χ0v) is 21.5. The molecule has 35 heavy (non-hydrogen) atoms. The Morgan fingerprint density at radius 1 is 0.971 bits per heavy atom. The molecule has 0 aliphatic carbocycles. The summed E-state index contributed by atoms with van der Waals surface area (Å²) < 4.78 is 0. The summed E-state index contributed by atoms with van der Waals surface area (Å²) in [5.74, 6) is -2.84. The maximum atomic E-state index is 13.1. The van der Waals surface area contributed by atoms with Crippen molar-refractivity contribution in [2.24, 2.45) is 11.7 Å². The van der Waals surface area contributed by atoms with E-state index in [1.165, 1.54) is 18.7 Å². The highest BCUT2D eigenvalue weighted by Gasteiger charge is 2.33. The second kappa shape index (κ2) is 15.4. The summed E-state index contributed by atoms with van der Waals surface area (Å²) >= 11 is 1.45. The molecule has 0 fully saturated rings. The molecule has 10 nitrogen and oxygen atoms in total. The van der Waals surface area contributed by atoms with Gasteiger partial charge in [-0.15, -0.1) is 0 Å². The maximum Gasteiger partial charge on any atom is 0.326 e. The van der Waals surface area contributed by atoms with Crippen molar-refractivity contribution in [3.05, 3.63) is 35.9 Å². The van der Waals surface area contributed by atoms with E-state index in [-0.39, 0.29) is 18.8 Å². The van der Waals surface area contributed by atoms with Gasteiger partial charge in [0.05, 0.1) is 12.1 Å². The Bertz CT molecular complexity index is 839. The first-order chi connectivity index (χ1) is 16.5. The number of hydrogen-bond acceptors (Lipinski definition) is 7. The van der Waals surface area contributed by atoms with E-state index in [2.05, 4.69) is 16.0 Å². The van der Waals surface area contributed by atoms with Gasteiger partial charge < -0.3 is 31.9 Å². The number of carbonyl (C=O) groups is 4. The molecule has 0 saturated heterocycles. The lowest BCUT2D eigenvalue weighted by atomic mass is 9.98. The summed E-state index contributed by atoms with van der Waals surface area (Å²) in [6.45, 7) is 5.03.